The molecule has 188 valence electrons. The zero-order valence-electron chi connectivity index (χ0n) is 21.1. The van der Waals surface area contributed by atoms with Crippen molar-refractivity contribution in [3.8, 4) is 0 Å². The summed E-state index contributed by atoms with van der Waals surface area (Å²) in [7, 11) is 0. The van der Waals surface area contributed by atoms with Gasteiger partial charge in [-0.05, 0) is 18.8 Å². The molecule has 0 aromatic rings. The van der Waals surface area contributed by atoms with Crippen LogP contribution >= 0.6 is 0 Å². The Kier molecular flexibility index (Phi) is 22.9. The van der Waals surface area contributed by atoms with E-state index in [9.17, 15) is 15.3 Å². The molecule has 3 N–H and O–H groups in total. The first-order chi connectivity index (χ1) is 15.2. The van der Waals surface area contributed by atoms with E-state index in [1.807, 2.05) is 0 Å². The highest BCUT2D eigenvalue weighted by Gasteiger charge is 2.28. The second kappa shape index (κ2) is 23.0. The molecule has 0 amide bonds. The molecule has 0 aromatic carbocycles. The molecular formula is C27H56O4. The van der Waals surface area contributed by atoms with E-state index in [1.54, 1.807) is 0 Å². The summed E-state index contributed by atoms with van der Waals surface area (Å²) < 4.78 is 5.90. The van der Waals surface area contributed by atoms with Crippen molar-refractivity contribution >= 4 is 0 Å². The Bertz CT molecular complexity index is 336. The molecule has 0 spiro atoms. The Morgan fingerprint density at radius 1 is 0.548 bits per heavy atom. The van der Waals surface area contributed by atoms with Crippen molar-refractivity contribution in [2.45, 2.75) is 129 Å². The van der Waals surface area contributed by atoms with Gasteiger partial charge in [0.2, 0.25) is 0 Å². The minimum absolute atomic E-state index is 0.224. The lowest BCUT2D eigenvalue weighted by molar-refractivity contribution is -0.0649. The van der Waals surface area contributed by atoms with Crippen molar-refractivity contribution in [1.82, 2.24) is 0 Å². The number of hydrogen-bond donors (Lipinski definition) is 3. The highest BCUT2D eigenvalue weighted by Crippen LogP contribution is 2.22. The first-order valence-electron chi connectivity index (χ1n) is 13.6. The smallest absolute Gasteiger partial charge is 0.0629 e. The van der Waals surface area contributed by atoms with Crippen LogP contribution in [0.2, 0.25) is 0 Å². The predicted molar refractivity (Wildman–Crippen MR) is 132 cm³/mol. The van der Waals surface area contributed by atoms with E-state index in [0.717, 1.165) is 0 Å². The van der Waals surface area contributed by atoms with E-state index >= 15 is 0 Å². The Hall–Kier alpha value is -0.160. The molecule has 0 fully saturated rings. The minimum Gasteiger partial charge on any atom is -0.396 e. The number of unbranched alkanes of at least 4 members (excludes halogenated alkanes) is 14. The van der Waals surface area contributed by atoms with Crippen LogP contribution in [0.1, 0.15) is 129 Å². The van der Waals surface area contributed by atoms with Gasteiger partial charge in [0.25, 0.3) is 0 Å². The molecular weight excluding hydrogens is 388 g/mol. The van der Waals surface area contributed by atoms with Gasteiger partial charge in [0, 0.05) is 6.61 Å². The van der Waals surface area contributed by atoms with Gasteiger partial charge in [0.15, 0.2) is 0 Å². The number of aliphatic hydroxyl groups excluding tert-OH is 3. The standard InChI is InChI=1S/C27H56O4/c1-3-5-7-9-11-12-14-16-18-20-26(19-17-15-13-10-8-6-4-2)21-31-25-27(22-28,23-29)24-30/h26,28-30H,3-25H2,1-2H3. The topological polar surface area (TPSA) is 69.9 Å². The molecule has 1 unspecified atom stereocenters. The maximum absolute atomic E-state index is 9.50. The van der Waals surface area contributed by atoms with Crippen LogP contribution in [0.3, 0.4) is 0 Å². The molecule has 0 aromatic heterocycles. The van der Waals surface area contributed by atoms with Crippen molar-refractivity contribution in [1.29, 1.82) is 0 Å². The van der Waals surface area contributed by atoms with E-state index in [4.69, 9.17) is 4.74 Å². The average Bonchev–Trinajstić information content (AvgIpc) is 2.80. The average molecular weight is 445 g/mol. The van der Waals surface area contributed by atoms with Crippen molar-refractivity contribution < 1.29 is 20.1 Å². The maximum atomic E-state index is 9.50. The predicted octanol–water partition coefficient (Wildman–Crippen LogP) is 6.64. The Morgan fingerprint density at radius 3 is 1.26 bits per heavy atom. The fourth-order valence-corrected chi connectivity index (χ4v) is 4.17. The monoisotopic (exact) mass is 444 g/mol. The minimum atomic E-state index is -0.915. The van der Waals surface area contributed by atoms with Crippen LogP contribution < -0.4 is 0 Å². The van der Waals surface area contributed by atoms with Gasteiger partial charge in [-0.3, -0.25) is 0 Å². The number of aliphatic hydroxyl groups is 3. The number of rotatable bonds is 25. The number of ether oxygens (including phenoxy) is 1. The van der Waals surface area contributed by atoms with Crippen LogP contribution in [0, 0.1) is 11.3 Å². The van der Waals surface area contributed by atoms with Crippen LogP contribution in [-0.4, -0.2) is 48.4 Å². The number of hydrogen-bond acceptors (Lipinski definition) is 4. The third-order valence-electron chi connectivity index (χ3n) is 6.70. The van der Waals surface area contributed by atoms with Crippen LogP contribution in [0.15, 0.2) is 0 Å². The van der Waals surface area contributed by atoms with Gasteiger partial charge in [-0.2, -0.15) is 0 Å². The first kappa shape index (κ1) is 30.8. The molecule has 0 bridgehead atoms. The van der Waals surface area contributed by atoms with Crippen LogP contribution in [0.5, 0.6) is 0 Å². The molecule has 0 heterocycles. The Morgan fingerprint density at radius 2 is 0.903 bits per heavy atom. The molecule has 1 atom stereocenters. The zero-order valence-corrected chi connectivity index (χ0v) is 21.1. The molecule has 0 saturated heterocycles. The third-order valence-corrected chi connectivity index (χ3v) is 6.70. The summed E-state index contributed by atoms with van der Waals surface area (Å²) in [5.41, 5.74) is -0.915. The second-order valence-corrected chi connectivity index (χ2v) is 9.88. The molecule has 0 aliphatic heterocycles. The fourth-order valence-electron chi connectivity index (χ4n) is 4.17. The third kappa shape index (κ3) is 18.0. The Balaban J connectivity index is 4.12. The van der Waals surface area contributed by atoms with E-state index in [0.29, 0.717) is 12.5 Å². The summed E-state index contributed by atoms with van der Waals surface area (Å²) in [6.45, 7) is 4.68. The van der Waals surface area contributed by atoms with Crippen molar-refractivity contribution in [2.75, 3.05) is 33.0 Å². The zero-order chi connectivity index (χ0) is 23.0. The summed E-state index contributed by atoms with van der Waals surface area (Å²) in [4.78, 5) is 0. The van der Waals surface area contributed by atoms with Gasteiger partial charge < -0.3 is 20.1 Å². The summed E-state index contributed by atoms with van der Waals surface area (Å²) in [5.74, 6) is 0.550. The molecule has 4 heteroatoms. The van der Waals surface area contributed by atoms with Crippen LogP contribution in [-0.2, 0) is 4.74 Å². The lowest BCUT2D eigenvalue weighted by atomic mass is 9.92. The summed E-state index contributed by atoms with van der Waals surface area (Å²) in [6.07, 6.45) is 23.9. The van der Waals surface area contributed by atoms with Gasteiger partial charge in [-0.15, -0.1) is 0 Å². The van der Waals surface area contributed by atoms with Gasteiger partial charge in [0.05, 0.1) is 31.8 Å². The first-order valence-corrected chi connectivity index (χ1v) is 13.6. The lowest BCUT2D eigenvalue weighted by Gasteiger charge is -2.28. The molecule has 4 nitrogen and oxygen atoms in total. The van der Waals surface area contributed by atoms with Crippen molar-refractivity contribution in [3.05, 3.63) is 0 Å². The summed E-state index contributed by atoms with van der Waals surface area (Å²) in [6, 6.07) is 0. The normalized spacial score (nSPS) is 13.1. The SMILES string of the molecule is CCCCCCCCCCCC(CCCCCCCCC)COCC(CO)(CO)CO. The highest BCUT2D eigenvalue weighted by atomic mass is 16.5. The van der Waals surface area contributed by atoms with Gasteiger partial charge in [-0.1, -0.05) is 117 Å². The second-order valence-electron chi connectivity index (χ2n) is 9.88. The van der Waals surface area contributed by atoms with Gasteiger partial charge >= 0.3 is 0 Å². The van der Waals surface area contributed by atoms with E-state index in [-0.39, 0.29) is 26.4 Å². The molecule has 31 heavy (non-hydrogen) atoms. The molecule has 0 saturated carbocycles. The van der Waals surface area contributed by atoms with E-state index in [1.165, 1.54) is 116 Å². The van der Waals surface area contributed by atoms with E-state index in [2.05, 4.69) is 13.8 Å². The Labute approximate surface area is 194 Å². The largest absolute Gasteiger partial charge is 0.396 e. The van der Waals surface area contributed by atoms with Crippen LogP contribution in [0.25, 0.3) is 0 Å². The highest BCUT2D eigenvalue weighted by molar-refractivity contribution is 4.76. The summed E-state index contributed by atoms with van der Waals surface area (Å²) in [5, 5.41) is 28.5. The fraction of sp³-hybridized carbons (Fsp3) is 1.00. The summed E-state index contributed by atoms with van der Waals surface area (Å²) >= 11 is 0. The molecule has 0 aliphatic carbocycles. The maximum Gasteiger partial charge on any atom is 0.0629 e. The van der Waals surface area contributed by atoms with Crippen LogP contribution in [0.4, 0.5) is 0 Å². The van der Waals surface area contributed by atoms with Crippen molar-refractivity contribution in [2.24, 2.45) is 11.3 Å². The van der Waals surface area contributed by atoms with Crippen molar-refractivity contribution in [3.63, 3.8) is 0 Å². The molecule has 0 rings (SSSR count). The molecule has 0 aliphatic rings. The molecule has 0 radical (unpaired) electrons. The quantitative estimate of drug-likeness (QED) is 0.138. The lowest BCUT2D eigenvalue weighted by Crippen LogP contribution is -2.39. The van der Waals surface area contributed by atoms with E-state index < -0.39 is 5.41 Å². The van der Waals surface area contributed by atoms with Gasteiger partial charge in [-0.25, -0.2) is 0 Å². The van der Waals surface area contributed by atoms with Gasteiger partial charge in [0.1, 0.15) is 0 Å².